The molecule has 0 saturated carbocycles. The maximum absolute atomic E-state index is 6.19. The second-order valence-corrected chi connectivity index (χ2v) is 5.75. The molecule has 3 aromatic rings. The molecule has 0 N–H and O–H groups in total. The van der Waals surface area contributed by atoms with Crippen LogP contribution in [-0.2, 0) is 0 Å². The Morgan fingerprint density at radius 1 is 1.21 bits per heavy atom. The highest BCUT2D eigenvalue weighted by Crippen LogP contribution is 2.36. The predicted octanol–water partition coefficient (Wildman–Crippen LogP) is 3.03. The number of hydrogen-bond acceptors (Lipinski definition) is 5. The van der Waals surface area contributed by atoms with Crippen LogP contribution >= 0.6 is 23.4 Å². The molecule has 0 aliphatic carbocycles. The average molecular weight is 292 g/mol. The Kier molecular flexibility index (Phi) is 3.35. The van der Waals surface area contributed by atoms with Crippen LogP contribution in [0.15, 0.2) is 41.4 Å². The molecule has 1 atom stereocenters. The number of tetrazole rings is 1. The Morgan fingerprint density at radius 3 is 2.89 bits per heavy atom. The third kappa shape index (κ3) is 2.54. The van der Waals surface area contributed by atoms with Crippen molar-refractivity contribution in [1.29, 1.82) is 0 Å². The molecule has 0 bridgehead atoms. The van der Waals surface area contributed by atoms with Gasteiger partial charge in [0.15, 0.2) is 5.65 Å². The fraction of sp³-hybridized carbons (Fsp3) is 0.167. The lowest BCUT2D eigenvalue weighted by molar-refractivity contribution is 0.702. The van der Waals surface area contributed by atoms with Crippen molar-refractivity contribution in [2.45, 2.75) is 17.2 Å². The molecule has 5 nitrogen and oxygen atoms in total. The first kappa shape index (κ1) is 12.4. The Morgan fingerprint density at radius 2 is 2.05 bits per heavy atom. The van der Waals surface area contributed by atoms with Gasteiger partial charge in [0.1, 0.15) is 5.03 Å². The highest BCUT2D eigenvalue weighted by Gasteiger charge is 2.12. The number of hydrogen-bond donors (Lipinski definition) is 0. The van der Waals surface area contributed by atoms with E-state index in [0.29, 0.717) is 5.65 Å². The lowest BCUT2D eigenvalue weighted by atomic mass is 10.2. The number of aromatic nitrogens is 5. The largest absolute Gasteiger partial charge is 0.200 e. The van der Waals surface area contributed by atoms with E-state index in [9.17, 15) is 0 Å². The fourth-order valence-electron chi connectivity index (χ4n) is 1.75. The Hall–Kier alpha value is -1.66. The molecule has 0 aliphatic heterocycles. The summed E-state index contributed by atoms with van der Waals surface area (Å²) in [6, 6.07) is 11.6. The van der Waals surface area contributed by atoms with E-state index in [-0.39, 0.29) is 5.25 Å². The summed E-state index contributed by atoms with van der Waals surface area (Å²) < 4.78 is 1.42. The lowest BCUT2D eigenvalue weighted by Crippen LogP contribution is -1.97. The molecule has 0 radical (unpaired) electrons. The zero-order valence-electron chi connectivity index (χ0n) is 10.1. The van der Waals surface area contributed by atoms with E-state index in [1.165, 1.54) is 4.63 Å². The van der Waals surface area contributed by atoms with Crippen LogP contribution in [0.5, 0.6) is 0 Å². The molecule has 3 rings (SSSR count). The summed E-state index contributed by atoms with van der Waals surface area (Å²) in [5.74, 6) is 0. The van der Waals surface area contributed by atoms with E-state index in [2.05, 4.69) is 27.5 Å². The summed E-state index contributed by atoms with van der Waals surface area (Å²) in [5, 5.41) is 17.3. The summed E-state index contributed by atoms with van der Waals surface area (Å²) in [6.07, 6.45) is 0. The summed E-state index contributed by atoms with van der Waals surface area (Å²) >= 11 is 7.81. The minimum absolute atomic E-state index is 0.204. The first-order valence-corrected chi connectivity index (χ1v) is 6.96. The molecule has 7 heteroatoms. The number of thioether (sulfide) groups is 1. The SMILES string of the molecule is C[C@H](Sc1ccc2nnnn2n1)c1ccccc1Cl. The molecule has 0 fully saturated rings. The monoisotopic (exact) mass is 291 g/mol. The van der Waals surface area contributed by atoms with Gasteiger partial charge in [-0.2, -0.15) is 0 Å². The highest BCUT2D eigenvalue weighted by atomic mass is 35.5. The second kappa shape index (κ2) is 5.14. The normalized spacial score (nSPS) is 12.7. The third-order valence-corrected chi connectivity index (χ3v) is 4.10. The maximum atomic E-state index is 6.19. The molecule has 2 aromatic heterocycles. The van der Waals surface area contributed by atoms with Gasteiger partial charge >= 0.3 is 0 Å². The number of halogens is 1. The van der Waals surface area contributed by atoms with Gasteiger partial charge in [0.25, 0.3) is 0 Å². The Bertz CT molecular complexity index is 714. The minimum Gasteiger partial charge on any atom is -0.140 e. The van der Waals surface area contributed by atoms with Crippen molar-refractivity contribution in [2.24, 2.45) is 0 Å². The molecule has 0 unspecified atom stereocenters. The van der Waals surface area contributed by atoms with Gasteiger partial charge in [-0.1, -0.05) is 41.6 Å². The number of rotatable bonds is 3. The van der Waals surface area contributed by atoms with Crippen LogP contribution in [0.1, 0.15) is 17.7 Å². The van der Waals surface area contributed by atoms with Gasteiger partial charge in [-0.25, -0.2) is 0 Å². The van der Waals surface area contributed by atoms with Gasteiger partial charge in [0.05, 0.1) is 0 Å². The fourth-order valence-corrected chi connectivity index (χ4v) is 3.08. The van der Waals surface area contributed by atoms with Gasteiger partial charge in [-0.05, 0) is 41.1 Å². The van der Waals surface area contributed by atoms with Gasteiger partial charge in [-0.3, -0.25) is 0 Å². The summed E-state index contributed by atoms with van der Waals surface area (Å²) in [5.41, 5.74) is 1.72. The predicted molar refractivity (Wildman–Crippen MR) is 74.3 cm³/mol. The average Bonchev–Trinajstić information content (AvgIpc) is 2.86. The van der Waals surface area contributed by atoms with Gasteiger partial charge in [0, 0.05) is 10.3 Å². The minimum atomic E-state index is 0.204. The molecule has 0 aliphatic rings. The van der Waals surface area contributed by atoms with Crippen molar-refractivity contribution in [2.75, 3.05) is 0 Å². The van der Waals surface area contributed by atoms with Gasteiger partial charge < -0.3 is 0 Å². The zero-order chi connectivity index (χ0) is 13.2. The van der Waals surface area contributed by atoms with Crippen molar-refractivity contribution >= 4 is 29.0 Å². The molecule has 1 aromatic carbocycles. The van der Waals surface area contributed by atoms with Crippen LogP contribution in [0.25, 0.3) is 5.65 Å². The lowest BCUT2D eigenvalue weighted by Gasteiger charge is -2.12. The third-order valence-electron chi connectivity index (χ3n) is 2.69. The molecule has 2 heterocycles. The van der Waals surface area contributed by atoms with E-state index in [0.717, 1.165) is 15.6 Å². The molecule has 0 amide bonds. The smallest absolute Gasteiger partial charge is 0.140 e. The summed E-state index contributed by atoms with van der Waals surface area (Å²) in [6.45, 7) is 2.09. The van der Waals surface area contributed by atoms with Crippen LogP contribution in [0.2, 0.25) is 5.02 Å². The van der Waals surface area contributed by atoms with Gasteiger partial charge in [-0.15, -0.1) is 14.8 Å². The van der Waals surface area contributed by atoms with E-state index >= 15 is 0 Å². The van der Waals surface area contributed by atoms with E-state index in [1.807, 2.05) is 36.4 Å². The van der Waals surface area contributed by atoms with Crippen molar-refractivity contribution in [3.63, 3.8) is 0 Å². The standard InChI is InChI=1S/C12H10ClN5S/c1-8(9-4-2-3-5-10(9)13)19-12-7-6-11-14-16-17-18(11)15-12/h2-8H,1H3/t8-/m0/s1. The molecular formula is C12H10ClN5S. The van der Waals surface area contributed by atoms with Crippen molar-refractivity contribution in [1.82, 2.24) is 25.3 Å². The van der Waals surface area contributed by atoms with Crippen molar-refractivity contribution < 1.29 is 0 Å². The number of nitrogens with zero attached hydrogens (tertiary/aromatic N) is 5. The molecule has 96 valence electrons. The van der Waals surface area contributed by atoms with Crippen LogP contribution in [0.3, 0.4) is 0 Å². The number of fused-ring (bicyclic) bond motifs is 1. The Balaban J connectivity index is 1.86. The first-order valence-electron chi connectivity index (χ1n) is 5.70. The second-order valence-electron chi connectivity index (χ2n) is 3.98. The van der Waals surface area contributed by atoms with Crippen LogP contribution < -0.4 is 0 Å². The van der Waals surface area contributed by atoms with Crippen LogP contribution in [0.4, 0.5) is 0 Å². The topological polar surface area (TPSA) is 56.0 Å². The van der Waals surface area contributed by atoms with Crippen molar-refractivity contribution in [3.8, 4) is 0 Å². The first-order chi connectivity index (χ1) is 9.24. The van der Waals surface area contributed by atoms with E-state index in [4.69, 9.17) is 11.6 Å². The van der Waals surface area contributed by atoms with Crippen LogP contribution in [-0.4, -0.2) is 25.3 Å². The number of benzene rings is 1. The molecular weight excluding hydrogens is 282 g/mol. The zero-order valence-corrected chi connectivity index (χ0v) is 11.6. The van der Waals surface area contributed by atoms with Crippen LogP contribution in [0, 0.1) is 0 Å². The van der Waals surface area contributed by atoms with E-state index < -0.39 is 0 Å². The maximum Gasteiger partial charge on any atom is 0.200 e. The van der Waals surface area contributed by atoms with Crippen molar-refractivity contribution in [3.05, 3.63) is 47.0 Å². The summed E-state index contributed by atoms with van der Waals surface area (Å²) in [7, 11) is 0. The quantitative estimate of drug-likeness (QED) is 0.694. The molecule has 0 spiro atoms. The molecule has 19 heavy (non-hydrogen) atoms. The molecule has 0 saturated heterocycles. The summed E-state index contributed by atoms with van der Waals surface area (Å²) in [4.78, 5) is 0. The van der Waals surface area contributed by atoms with Gasteiger partial charge in [0.2, 0.25) is 0 Å². The van der Waals surface area contributed by atoms with E-state index in [1.54, 1.807) is 11.8 Å². The highest BCUT2D eigenvalue weighted by molar-refractivity contribution is 7.99. The Labute approximate surface area is 119 Å².